The quantitative estimate of drug-likeness (QED) is 0.379. The van der Waals surface area contributed by atoms with E-state index in [2.05, 4.69) is 36.9 Å². The summed E-state index contributed by atoms with van der Waals surface area (Å²) in [5.41, 5.74) is -0.406. The maximum Gasteiger partial charge on any atom is 0.416 e. The Morgan fingerprint density at radius 3 is 2.64 bits per heavy atom. The van der Waals surface area contributed by atoms with Crippen molar-refractivity contribution in [2.75, 3.05) is 12.0 Å². The molecule has 1 aliphatic rings. The molecule has 2 aromatic carbocycles. The Morgan fingerprint density at radius 2 is 2.00 bits per heavy atom. The van der Waals surface area contributed by atoms with E-state index in [9.17, 15) is 28.0 Å². The smallest absolute Gasteiger partial charge is 0.416 e. The van der Waals surface area contributed by atoms with E-state index in [4.69, 9.17) is 4.74 Å². The first-order chi connectivity index (χ1) is 17.1. The summed E-state index contributed by atoms with van der Waals surface area (Å²) in [7, 11) is 1.15. The monoisotopic (exact) mass is 557 g/mol. The third-order valence-corrected chi connectivity index (χ3v) is 5.84. The van der Waals surface area contributed by atoms with Gasteiger partial charge in [0.05, 0.1) is 29.9 Å². The lowest BCUT2D eigenvalue weighted by Gasteiger charge is -2.35. The number of hydrogen-bond donors (Lipinski definition) is 1. The summed E-state index contributed by atoms with van der Waals surface area (Å²) in [4.78, 5) is 29.9. The van der Waals surface area contributed by atoms with Gasteiger partial charge in [0.1, 0.15) is 6.04 Å². The predicted octanol–water partition coefficient (Wildman–Crippen LogP) is 4.35. The van der Waals surface area contributed by atoms with Crippen molar-refractivity contribution in [3.05, 3.63) is 86.5 Å². The molecule has 4 rings (SSSR count). The lowest BCUT2D eigenvalue weighted by molar-refractivity contribution is -0.138. The molecule has 12 heteroatoms. The highest BCUT2D eigenvalue weighted by molar-refractivity contribution is 9.12. The molecule has 0 amide bonds. The van der Waals surface area contributed by atoms with E-state index in [-0.39, 0.29) is 22.9 Å². The summed E-state index contributed by atoms with van der Waals surface area (Å²) in [5.74, 6) is 1.95. The Bertz CT molecular complexity index is 1570. The SMILES string of the molecule is COC(=O)C1=C(C)N(c2cccc(C(F)(F)F)c2)c2n[nH]c(=O)n2C1c1ccc(C#N)cc1C#CBr. The normalized spacial score (nSPS) is 15.0. The van der Waals surface area contributed by atoms with Crippen molar-refractivity contribution < 1.29 is 22.7 Å². The second-order valence-electron chi connectivity index (χ2n) is 7.61. The zero-order valence-corrected chi connectivity index (χ0v) is 20.2. The average molecular weight is 558 g/mol. The van der Waals surface area contributed by atoms with Gasteiger partial charge in [0, 0.05) is 32.9 Å². The lowest BCUT2D eigenvalue weighted by atomic mass is 9.90. The number of carbonyl (C=O) groups is 1. The number of esters is 1. The van der Waals surface area contributed by atoms with Crippen molar-refractivity contribution >= 4 is 33.5 Å². The second kappa shape index (κ2) is 9.40. The van der Waals surface area contributed by atoms with E-state index in [1.54, 1.807) is 6.07 Å². The average Bonchev–Trinajstić information content (AvgIpc) is 3.23. The number of H-pyrrole nitrogens is 1. The first-order valence-corrected chi connectivity index (χ1v) is 11.0. The minimum Gasteiger partial charge on any atom is -0.466 e. The summed E-state index contributed by atoms with van der Waals surface area (Å²) in [6.45, 7) is 1.52. The largest absolute Gasteiger partial charge is 0.466 e. The van der Waals surface area contributed by atoms with Gasteiger partial charge in [-0.1, -0.05) is 18.1 Å². The highest BCUT2D eigenvalue weighted by Crippen LogP contribution is 2.43. The summed E-state index contributed by atoms with van der Waals surface area (Å²) >= 11 is 3.03. The van der Waals surface area contributed by atoms with Crippen LogP contribution < -0.4 is 10.6 Å². The van der Waals surface area contributed by atoms with Crippen molar-refractivity contribution in [3.8, 4) is 16.8 Å². The van der Waals surface area contributed by atoms with E-state index in [1.807, 2.05) is 6.07 Å². The molecule has 0 radical (unpaired) electrons. The third-order valence-electron chi connectivity index (χ3n) is 5.64. The predicted molar refractivity (Wildman–Crippen MR) is 126 cm³/mol. The first kappa shape index (κ1) is 24.8. The molecule has 0 aliphatic carbocycles. The number of nitrogens with one attached hydrogen (secondary N) is 1. The minimum atomic E-state index is -4.62. The maximum absolute atomic E-state index is 13.4. The highest BCUT2D eigenvalue weighted by Gasteiger charge is 2.41. The zero-order chi connectivity index (χ0) is 26.2. The van der Waals surface area contributed by atoms with Crippen LogP contribution in [-0.2, 0) is 15.7 Å². The van der Waals surface area contributed by atoms with Crippen LogP contribution in [0.5, 0.6) is 0 Å². The molecule has 1 N–H and O–H groups in total. The van der Waals surface area contributed by atoms with Crippen molar-refractivity contribution in [1.29, 1.82) is 5.26 Å². The molecule has 1 aliphatic heterocycles. The fourth-order valence-electron chi connectivity index (χ4n) is 4.10. The number of aromatic nitrogens is 3. The van der Waals surface area contributed by atoms with Gasteiger partial charge in [-0.05, 0) is 47.6 Å². The maximum atomic E-state index is 13.4. The van der Waals surface area contributed by atoms with Gasteiger partial charge in [0.15, 0.2) is 0 Å². The van der Waals surface area contributed by atoms with Crippen molar-refractivity contribution in [2.45, 2.75) is 19.1 Å². The molecular weight excluding hydrogens is 543 g/mol. The number of aromatic amines is 1. The van der Waals surface area contributed by atoms with Crippen molar-refractivity contribution in [3.63, 3.8) is 0 Å². The Hall–Kier alpha value is -4.29. The number of carbonyl (C=O) groups excluding carboxylic acids is 1. The zero-order valence-electron chi connectivity index (χ0n) is 18.6. The molecule has 0 saturated heterocycles. The van der Waals surface area contributed by atoms with Crippen molar-refractivity contribution in [2.24, 2.45) is 0 Å². The molecule has 0 spiro atoms. The van der Waals surface area contributed by atoms with E-state index in [1.165, 1.54) is 36.1 Å². The number of fused-ring (bicyclic) bond motifs is 1. The number of nitriles is 1. The minimum absolute atomic E-state index is 0.0201. The highest BCUT2D eigenvalue weighted by atomic mass is 79.9. The fourth-order valence-corrected chi connectivity index (χ4v) is 4.32. The van der Waals surface area contributed by atoms with Crippen LogP contribution in [0.1, 0.15) is 35.2 Å². The molecule has 0 saturated carbocycles. The molecule has 36 heavy (non-hydrogen) atoms. The van der Waals surface area contributed by atoms with Crippen LogP contribution >= 0.6 is 15.9 Å². The number of rotatable bonds is 3. The molecule has 182 valence electrons. The lowest BCUT2D eigenvalue weighted by Crippen LogP contribution is -2.38. The Labute approximate surface area is 210 Å². The molecular formula is C24H15BrF3N5O3. The number of alkyl halides is 3. The summed E-state index contributed by atoms with van der Waals surface area (Å²) in [6.07, 6.45) is -4.62. The fraction of sp³-hybridized carbons (Fsp3) is 0.167. The van der Waals surface area contributed by atoms with Crippen LogP contribution in [-0.4, -0.2) is 27.8 Å². The molecule has 1 aromatic heterocycles. The number of anilines is 2. The number of allylic oxidation sites excluding steroid dienone is 1. The molecule has 3 aromatic rings. The molecule has 1 unspecified atom stereocenters. The Morgan fingerprint density at radius 1 is 1.25 bits per heavy atom. The van der Waals surface area contributed by atoms with Gasteiger partial charge in [-0.15, -0.1) is 5.10 Å². The van der Waals surface area contributed by atoms with Crippen LogP contribution in [0.2, 0.25) is 0 Å². The van der Waals surface area contributed by atoms with Crippen LogP contribution in [0, 0.1) is 22.1 Å². The number of nitrogens with zero attached hydrogens (tertiary/aromatic N) is 4. The van der Waals surface area contributed by atoms with Gasteiger partial charge in [-0.25, -0.2) is 19.3 Å². The van der Waals surface area contributed by atoms with E-state index in [0.717, 1.165) is 23.8 Å². The summed E-state index contributed by atoms with van der Waals surface area (Å²) in [6, 6.07) is 9.89. The van der Waals surface area contributed by atoms with Gasteiger partial charge in [-0.2, -0.15) is 18.4 Å². The molecule has 0 fully saturated rings. The number of ether oxygens (including phenoxy) is 1. The number of hydrogen-bond acceptors (Lipinski definition) is 6. The third kappa shape index (κ3) is 4.16. The first-order valence-electron chi connectivity index (χ1n) is 10.2. The van der Waals surface area contributed by atoms with Crippen LogP contribution in [0.15, 0.2) is 58.5 Å². The van der Waals surface area contributed by atoms with Crippen LogP contribution in [0.25, 0.3) is 0 Å². The van der Waals surface area contributed by atoms with Gasteiger partial charge >= 0.3 is 17.8 Å². The molecule has 8 nitrogen and oxygen atoms in total. The van der Waals surface area contributed by atoms with Crippen molar-refractivity contribution in [1.82, 2.24) is 14.8 Å². The standard InChI is InChI=1S/C24H15BrF3N5O3/c1-13-19(21(34)36-2)20(18-7-6-14(12-29)10-15(18)8-9-25)33-22(30-31-23(33)35)32(13)17-5-3-4-16(11-17)24(26,27)28/h3-7,10-11,20H,1-2H3,(H,31,35). The Balaban J connectivity index is 2.05. The summed E-state index contributed by atoms with van der Waals surface area (Å²) in [5, 5.41) is 15.7. The van der Waals surface area contributed by atoms with E-state index >= 15 is 0 Å². The Kier molecular flexibility index (Phi) is 6.48. The van der Waals surface area contributed by atoms with E-state index in [0.29, 0.717) is 16.7 Å². The number of halogens is 4. The van der Waals surface area contributed by atoms with E-state index < -0.39 is 29.4 Å². The second-order valence-corrected chi connectivity index (χ2v) is 8.01. The van der Waals surface area contributed by atoms with Crippen LogP contribution in [0.4, 0.5) is 24.8 Å². The molecule has 2 heterocycles. The topological polar surface area (TPSA) is 104 Å². The van der Waals surface area contributed by atoms with Gasteiger partial charge < -0.3 is 4.74 Å². The van der Waals surface area contributed by atoms with Gasteiger partial charge in [0.2, 0.25) is 5.95 Å². The van der Waals surface area contributed by atoms with Gasteiger partial charge in [0.25, 0.3) is 0 Å². The van der Waals surface area contributed by atoms with Crippen LogP contribution in [0.3, 0.4) is 0 Å². The molecule has 0 bridgehead atoms. The number of methoxy groups -OCH3 is 1. The number of benzene rings is 2. The summed E-state index contributed by atoms with van der Waals surface area (Å²) < 4.78 is 46.4. The molecule has 1 atom stereocenters. The van der Waals surface area contributed by atoms with Gasteiger partial charge in [-0.3, -0.25) is 4.90 Å².